The molecule has 5 N–H and O–H groups in total. The highest BCUT2D eigenvalue weighted by Crippen LogP contribution is 2.25. The molecule has 5 heteroatoms. The van der Waals surface area contributed by atoms with Crippen LogP contribution in [0.25, 0.3) is 0 Å². The number of para-hydroxylation sites is 1. The van der Waals surface area contributed by atoms with E-state index in [9.17, 15) is 4.79 Å². The highest BCUT2D eigenvalue weighted by Gasteiger charge is 2.20. The molecule has 1 unspecified atom stereocenters. The van der Waals surface area contributed by atoms with Crippen molar-refractivity contribution in [3.63, 3.8) is 0 Å². The van der Waals surface area contributed by atoms with Crippen LogP contribution in [0.5, 0.6) is 0 Å². The van der Waals surface area contributed by atoms with Gasteiger partial charge in [-0.1, -0.05) is 31.0 Å². The van der Waals surface area contributed by atoms with E-state index in [0.29, 0.717) is 11.6 Å². The predicted molar refractivity (Wildman–Crippen MR) is 89.9 cm³/mol. The van der Waals surface area contributed by atoms with E-state index in [4.69, 9.17) is 5.73 Å². The number of H-pyrrole nitrogens is 1. The Morgan fingerprint density at radius 1 is 1.14 bits per heavy atom. The minimum absolute atomic E-state index is 0.154. The fraction of sp³-hybridized carbons (Fsp3) is 0.353. The molecule has 22 heavy (non-hydrogen) atoms. The van der Waals surface area contributed by atoms with E-state index < -0.39 is 6.17 Å². The Morgan fingerprint density at radius 2 is 1.86 bits per heavy atom. The van der Waals surface area contributed by atoms with Gasteiger partial charge in [0.05, 0.1) is 5.56 Å². The normalized spacial score (nSPS) is 16.4. The molecule has 5 nitrogen and oxygen atoms in total. The summed E-state index contributed by atoms with van der Waals surface area (Å²) in [6.45, 7) is 0. The Bertz CT molecular complexity index is 662. The molecule has 1 saturated carbocycles. The van der Waals surface area contributed by atoms with Crippen molar-refractivity contribution in [2.45, 2.75) is 37.9 Å². The van der Waals surface area contributed by atoms with E-state index in [0.717, 1.165) is 24.2 Å². The topological polar surface area (TPSA) is 82.9 Å². The summed E-state index contributed by atoms with van der Waals surface area (Å²) >= 11 is 0. The molecule has 1 aliphatic rings. The van der Waals surface area contributed by atoms with Crippen LogP contribution in [0.2, 0.25) is 0 Å². The van der Waals surface area contributed by atoms with E-state index in [1.165, 1.54) is 12.8 Å². The lowest BCUT2D eigenvalue weighted by molar-refractivity contribution is 0.744. The lowest BCUT2D eigenvalue weighted by Gasteiger charge is -2.21. The lowest BCUT2D eigenvalue weighted by Crippen LogP contribution is -2.30. The van der Waals surface area contributed by atoms with Crippen LogP contribution in [0.15, 0.2) is 47.4 Å². The fourth-order valence-electron chi connectivity index (χ4n) is 3.00. The highest BCUT2D eigenvalue weighted by atomic mass is 16.1. The number of benzene rings is 1. The molecular formula is C17H22N4O. The molecule has 0 aliphatic heterocycles. The molecule has 1 aromatic heterocycles. The van der Waals surface area contributed by atoms with E-state index in [1.54, 1.807) is 6.20 Å². The summed E-state index contributed by atoms with van der Waals surface area (Å²) in [4.78, 5) is 14.9. The molecule has 0 bridgehead atoms. The Labute approximate surface area is 129 Å². The van der Waals surface area contributed by atoms with Gasteiger partial charge in [-0.3, -0.25) is 4.79 Å². The first-order valence-electron chi connectivity index (χ1n) is 7.79. The SMILES string of the molecule is NC(Nc1ccccc1)c1c(NC2CCCC2)cc[nH]c1=O. The van der Waals surface area contributed by atoms with Gasteiger partial charge in [0.1, 0.15) is 6.17 Å². The number of aromatic amines is 1. The zero-order chi connectivity index (χ0) is 15.4. The number of rotatable bonds is 5. The first kappa shape index (κ1) is 14.7. The molecule has 1 fully saturated rings. The predicted octanol–water partition coefficient (Wildman–Crippen LogP) is 2.80. The summed E-state index contributed by atoms with van der Waals surface area (Å²) in [5.74, 6) is 0. The van der Waals surface area contributed by atoms with E-state index >= 15 is 0 Å². The molecule has 0 radical (unpaired) electrons. The first-order valence-corrected chi connectivity index (χ1v) is 7.79. The van der Waals surface area contributed by atoms with Gasteiger partial charge >= 0.3 is 0 Å². The van der Waals surface area contributed by atoms with Gasteiger partial charge in [-0.2, -0.15) is 0 Å². The molecule has 1 aromatic carbocycles. The fourth-order valence-corrected chi connectivity index (χ4v) is 3.00. The van der Waals surface area contributed by atoms with Crippen LogP contribution in [0, 0.1) is 0 Å². The third-order valence-electron chi connectivity index (χ3n) is 4.12. The summed E-state index contributed by atoms with van der Waals surface area (Å²) in [7, 11) is 0. The zero-order valence-corrected chi connectivity index (χ0v) is 12.5. The van der Waals surface area contributed by atoms with E-state index in [2.05, 4.69) is 15.6 Å². The Kier molecular flexibility index (Phi) is 4.44. The third-order valence-corrected chi connectivity index (χ3v) is 4.12. The average Bonchev–Trinajstić information content (AvgIpc) is 3.01. The number of nitrogens with one attached hydrogen (secondary N) is 3. The van der Waals surface area contributed by atoms with Crippen molar-refractivity contribution in [2.24, 2.45) is 5.73 Å². The second kappa shape index (κ2) is 6.66. The third kappa shape index (κ3) is 3.31. The minimum Gasteiger partial charge on any atom is -0.382 e. The van der Waals surface area contributed by atoms with Gasteiger partial charge in [0, 0.05) is 23.6 Å². The summed E-state index contributed by atoms with van der Waals surface area (Å²) in [5.41, 5.74) is 8.35. The van der Waals surface area contributed by atoms with Gasteiger partial charge in [-0.25, -0.2) is 0 Å². The Balaban J connectivity index is 1.83. The molecule has 116 valence electrons. The number of aromatic nitrogens is 1. The van der Waals surface area contributed by atoms with Crippen molar-refractivity contribution in [1.82, 2.24) is 4.98 Å². The van der Waals surface area contributed by atoms with Crippen LogP contribution in [-0.2, 0) is 0 Å². The number of pyridine rings is 1. The lowest BCUT2D eigenvalue weighted by atomic mass is 10.1. The van der Waals surface area contributed by atoms with Crippen LogP contribution >= 0.6 is 0 Å². The van der Waals surface area contributed by atoms with Crippen LogP contribution < -0.4 is 21.9 Å². The van der Waals surface area contributed by atoms with Crippen molar-refractivity contribution in [2.75, 3.05) is 10.6 Å². The van der Waals surface area contributed by atoms with Crippen LogP contribution in [0.1, 0.15) is 37.4 Å². The second-order valence-corrected chi connectivity index (χ2v) is 5.75. The number of hydrogen-bond donors (Lipinski definition) is 4. The van der Waals surface area contributed by atoms with Gasteiger partial charge in [0.15, 0.2) is 0 Å². The first-order chi connectivity index (χ1) is 10.7. The highest BCUT2D eigenvalue weighted by molar-refractivity contribution is 5.55. The number of anilines is 2. The average molecular weight is 298 g/mol. The number of nitrogens with two attached hydrogens (primary N) is 1. The molecule has 3 rings (SSSR count). The summed E-state index contributed by atoms with van der Waals surface area (Å²) in [5, 5.41) is 6.66. The van der Waals surface area contributed by atoms with Crippen molar-refractivity contribution in [1.29, 1.82) is 0 Å². The minimum atomic E-state index is -0.559. The monoisotopic (exact) mass is 298 g/mol. The summed E-state index contributed by atoms with van der Waals surface area (Å²) in [6.07, 6.45) is 5.88. The second-order valence-electron chi connectivity index (χ2n) is 5.75. The van der Waals surface area contributed by atoms with Gasteiger partial charge in [-0.05, 0) is 31.0 Å². The van der Waals surface area contributed by atoms with Crippen molar-refractivity contribution < 1.29 is 0 Å². The van der Waals surface area contributed by atoms with Gasteiger partial charge in [0.25, 0.3) is 5.56 Å². The van der Waals surface area contributed by atoms with E-state index in [-0.39, 0.29) is 5.56 Å². The molecule has 0 amide bonds. The van der Waals surface area contributed by atoms with Crippen molar-refractivity contribution in [3.8, 4) is 0 Å². The maximum absolute atomic E-state index is 12.2. The molecule has 0 spiro atoms. The van der Waals surface area contributed by atoms with Crippen LogP contribution in [0.3, 0.4) is 0 Å². The maximum Gasteiger partial charge on any atom is 0.256 e. The zero-order valence-electron chi connectivity index (χ0n) is 12.5. The molecule has 1 aliphatic carbocycles. The van der Waals surface area contributed by atoms with Crippen molar-refractivity contribution in [3.05, 3.63) is 58.5 Å². The van der Waals surface area contributed by atoms with E-state index in [1.807, 2.05) is 36.4 Å². The molecule has 2 aromatic rings. The number of hydrogen-bond acceptors (Lipinski definition) is 4. The Hall–Kier alpha value is -2.27. The summed E-state index contributed by atoms with van der Waals surface area (Å²) in [6, 6.07) is 12.0. The standard InChI is InChI=1S/C17H22N4O/c18-16(21-13-6-2-1-3-7-13)15-14(10-11-19-17(15)22)20-12-8-4-5-9-12/h1-3,6-7,10-12,16,21H,4-5,8-9,18H2,(H2,19,20,22). The molecule has 1 heterocycles. The van der Waals surface area contributed by atoms with Crippen molar-refractivity contribution >= 4 is 11.4 Å². The van der Waals surface area contributed by atoms with Crippen LogP contribution in [-0.4, -0.2) is 11.0 Å². The summed E-state index contributed by atoms with van der Waals surface area (Å²) < 4.78 is 0. The molecular weight excluding hydrogens is 276 g/mol. The quantitative estimate of drug-likeness (QED) is 0.640. The van der Waals surface area contributed by atoms with Crippen LogP contribution in [0.4, 0.5) is 11.4 Å². The largest absolute Gasteiger partial charge is 0.382 e. The van der Waals surface area contributed by atoms with Gasteiger partial charge in [-0.15, -0.1) is 0 Å². The molecule has 1 atom stereocenters. The maximum atomic E-state index is 12.2. The van der Waals surface area contributed by atoms with Gasteiger partial charge in [0.2, 0.25) is 0 Å². The van der Waals surface area contributed by atoms with Gasteiger partial charge < -0.3 is 21.4 Å². The smallest absolute Gasteiger partial charge is 0.256 e. The Morgan fingerprint density at radius 3 is 2.59 bits per heavy atom. The molecule has 0 saturated heterocycles.